The van der Waals surface area contributed by atoms with E-state index in [0.29, 0.717) is 5.41 Å². The van der Waals surface area contributed by atoms with E-state index in [2.05, 4.69) is 18.2 Å². The smallest absolute Gasteiger partial charge is 0.0408 e. The fraction of sp³-hybridized carbons (Fsp3) is 0.684. The molecule has 0 saturated heterocycles. The molecule has 1 aromatic rings. The lowest BCUT2D eigenvalue weighted by Crippen LogP contribution is -2.09. The Hall–Kier alpha value is -0.490. The first-order valence-corrected chi connectivity index (χ1v) is 8.95. The van der Waals surface area contributed by atoms with Crippen LogP contribution < -0.4 is 0 Å². The highest BCUT2D eigenvalue weighted by Crippen LogP contribution is 2.63. The molecule has 1 spiro atoms. The molecule has 4 rings (SSSR count). The maximum absolute atomic E-state index is 6.14. The second-order valence-corrected chi connectivity index (χ2v) is 7.88. The first kappa shape index (κ1) is 13.2. The average Bonchev–Trinajstić information content (AvgIpc) is 3.06. The Morgan fingerprint density at radius 1 is 1.10 bits per heavy atom. The van der Waals surface area contributed by atoms with Gasteiger partial charge in [-0.25, -0.2) is 0 Å². The van der Waals surface area contributed by atoms with E-state index >= 15 is 0 Å². The van der Waals surface area contributed by atoms with E-state index in [1.54, 1.807) is 5.56 Å². The summed E-state index contributed by atoms with van der Waals surface area (Å²) in [4.78, 5) is 0. The largest absolute Gasteiger partial charge is 0.0843 e. The summed E-state index contributed by atoms with van der Waals surface area (Å²) < 4.78 is 0. The van der Waals surface area contributed by atoms with Crippen molar-refractivity contribution in [1.29, 1.82) is 0 Å². The summed E-state index contributed by atoms with van der Waals surface area (Å²) in [5.74, 6) is 2.03. The van der Waals surface area contributed by atoms with Crippen molar-refractivity contribution in [2.45, 2.75) is 69.6 Å². The first-order valence-electron chi connectivity index (χ1n) is 8.57. The molecule has 0 aliphatic heterocycles. The van der Waals surface area contributed by atoms with Crippen molar-refractivity contribution in [1.82, 2.24) is 0 Å². The summed E-state index contributed by atoms with van der Waals surface area (Å²) in [6.07, 6.45) is 14.5. The van der Waals surface area contributed by atoms with Gasteiger partial charge in [-0.1, -0.05) is 56.2 Å². The van der Waals surface area contributed by atoms with Gasteiger partial charge in [0.25, 0.3) is 0 Å². The summed E-state index contributed by atoms with van der Waals surface area (Å²) in [6, 6.07) is 6.64. The fourth-order valence-corrected chi connectivity index (χ4v) is 5.25. The summed E-state index contributed by atoms with van der Waals surface area (Å²) in [5.41, 5.74) is 3.77. The van der Waals surface area contributed by atoms with Gasteiger partial charge in [-0.3, -0.25) is 0 Å². The van der Waals surface area contributed by atoms with Crippen LogP contribution in [0.2, 0.25) is 5.02 Å². The second-order valence-electron chi connectivity index (χ2n) is 7.44. The van der Waals surface area contributed by atoms with Crippen LogP contribution in [0.1, 0.15) is 68.9 Å². The van der Waals surface area contributed by atoms with Gasteiger partial charge in [0, 0.05) is 5.02 Å². The molecule has 0 radical (unpaired) electrons. The number of aryl methyl sites for hydroxylation is 1. The van der Waals surface area contributed by atoms with E-state index in [-0.39, 0.29) is 0 Å². The zero-order valence-electron chi connectivity index (χ0n) is 12.3. The minimum Gasteiger partial charge on any atom is -0.0843 e. The molecule has 3 aliphatic rings. The van der Waals surface area contributed by atoms with Crippen molar-refractivity contribution < 1.29 is 0 Å². The van der Waals surface area contributed by atoms with Crippen LogP contribution in [-0.2, 0) is 11.8 Å². The minimum atomic E-state index is 0.578. The van der Waals surface area contributed by atoms with E-state index in [1.165, 1.54) is 69.8 Å². The number of hydrogen-bond acceptors (Lipinski definition) is 0. The van der Waals surface area contributed by atoms with Gasteiger partial charge in [-0.15, -0.1) is 0 Å². The lowest BCUT2D eigenvalue weighted by atomic mass is 9.84. The minimum absolute atomic E-state index is 0.578. The monoisotopic (exact) mass is 288 g/mol. The summed E-state index contributed by atoms with van der Waals surface area (Å²) in [5, 5.41) is 0.917. The van der Waals surface area contributed by atoms with E-state index < -0.39 is 0 Å². The van der Waals surface area contributed by atoms with E-state index in [0.717, 1.165) is 16.9 Å². The number of rotatable bonds is 3. The molecular formula is C19H25Cl. The van der Waals surface area contributed by atoms with Crippen molar-refractivity contribution in [3.8, 4) is 0 Å². The van der Waals surface area contributed by atoms with Crippen LogP contribution in [0.3, 0.4) is 0 Å². The lowest BCUT2D eigenvalue weighted by Gasteiger charge is -2.22. The van der Waals surface area contributed by atoms with Gasteiger partial charge < -0.3 is 0 Å². The van der Waals surface area contributed by atoms with Gasteiger partial charge in [-0.2, -0.15) is 0 Å². The molecule has 0 amide bonds. The Labute approximate surface area is 127 Å². The summed E-state index contributed by atoms with van der Waals surface area (Å²) in [7, 11) is 0. The average molecular weight is 289 g/mol. The Bertz CT molecular complexity index is 500. The van der Waals surface area contributed by atoms with Crippen molar-refractivity contribution >= 4 is 11.6 Å². The highest BCUT2D eigenvalue weighted by Gasteiger charge is 2.57. The van der Waals surface area contributed by atoms with Crippen molar-refractivity contribution in [2.24, 2.45) is 11.8 Å². The van der Waals surface area contributed by atoms with Gasteiger partial charge in [0.05, 0.1) is 0 Å². The molecule has 0 aromatic heterocycles. The van der Waals surface area contributed by atoms with Gasteiger partial charge in [-0.05, 0) is 66.2 Å². The van der Waals surface area contributed by atoms with Gasteiger partial charge in [0.1, 0.15) is 0 Å². The molecule has 2 unspecified atom stereocenters. The van der Waals surface area contributed by atoms with Gasteiger partial charge >= 0.3 is 0 Å². The molecule has 2 atom stereocenters. The number of hydrogen-bond donors (Lipinski definition) is 0. The lowest BCUT2D eigenvalue weighted by molar-refractivity contribution is 0.322. The van der Waals surface area contributed by atoms with Crippen LogP contribution >= 0.6 is 11.6 Å². The Morgan fingerprint density at radius 2 is 1.95 bits per heavy atom. The highest BCUT2D eigenvalue weighted by molar-refractivity contribution is 6.30. The molecule has 0 nitrogen and oxygen atoms in total. The van der Waals surface area contributed by atoms with Gasteiger partial charge in [0.2, 0.25) is 0 Å². The molecule has 108 valence electrons. The first-order chi connectivity index (χ1) is 9.78. The third-order valence-electron chi connectivity index (χ3n) is 6.32. The van der Waals surface area contributed by atoms with Crippen molar-refractivity contribution in [3.05, 3.63) is 34.3 Å². The zero-order valence-corrected chi connectivity index (χ0v) is 13.1. The second kappa shape index (κ2) is 5.05. The number of benzene rings is 1. The topological polar surface area (TPSA) is 0 Å². The van der Waals surface area contributed by atoms with Crippen LogP contribution in [0.25, 0.3) is 0 Å². The molecule has 1 aromatic carbocycles. The van der Waals surface area contributed by atoms with Crippen LogP contribution in [0.4, 0.5) is 0 Å². The van der Waals surface area contributed by atoms with Crippen LogP contribution in [0.5, 0.6) is 0 Å². The third-order valence-corrected chi connectivity index (χ3v) is 6.56. The third kappa shape index (κ3) is 2.21. The number of halogens is 1. The molecule has 2 saturated carbocycles. The van der Waals surface area contributed by atoms with Crippen molar-refractivity contribution in [2.75, 3.05) is 0 Å². The normalized spacial score (nSPS) is 32.5. The highest BCUT2D eigenvalue weighted by atomic mass is 35.5. The van der Waals surface area contributed by atoms with Gasteiger partial charge in [0.15, 0.2) is 0 Å². The van der Waals surface area contributed by atoms with E-state index in [9.17, 15) is 0 Å². The Morgan fingerprint density at radius 3 is 2.80 bits per heavy atom. The number of fused-ring (bicyclic) bond motifs is 2. The standard InChI is InChI=1S/C19H25Cl/c20-17-8-9-18-15(12-17)10-11-19(18)13-16(19)7-6-14-4-2-1-3-5-14/h8-9,12,14,16H,1-7,10-11,13H2. The Kier molecular flexibility index (Phi) is 3.33. The zero-order chi connectivity index (χ0) is 13.6. The predicted octanol–water partition coefficient (Wildman–Crippen LogP) is 5.90. The Balaban J connectivity index is 1.40. The maximum Gasteiger partial charge on any atom is 0.0408 e. The maximum atomic E-state index is 6.14. The quantitative estimate of drug-likeness (QED) is 0.649. The molecule has 0 heterocycles. The molecule has 2 fully saturated rings. The van der Waals surface area contributed by atoms with Crippen LogP contribution in [0, 0.1) is 11.8 Å². The SMILES string of the molecule is Clc1ccc2c(c1)CCC21CC1CCC1CCCCC1. The van der Waals surface area contributed by atoms with Crippen LogP contribution in [0.15, 0.2) is 18.2 Å². The molecule has 0 bridgehead atoms. The predicted molar refractivity (Wildman–Crippen MR) is 85.4 cm³/mol. The van der Waals surface area contributed by atoms with Crippen LogP contribution in [-0.4, -0.2) is 0 Å². The molecule has 3 aliphatic carbocycles. The fourth-order valence-electron chi connectivity index (χ4n) is 5.06. The summed E-state index contributed by atoms with van der Waals surface area (Å²) >= 11 is 6.14. The summed E-state index contributed by atoms with van der Waals surface area (Å²) in [6.45, 7) is 0. The molecule has 1 heteroatoms. The molecular weight excluding hydrogens is 264 g/mol. The van der Waals surface area contributed by atoms with E-state index in [1.807, 2.05) is 0 Å². The molecule has 20 heavy (non-hydrogen) atoms. The van der Waals surface area contributed by atoms with E-state index in [4.69, 9.17) is 11.6 Å². The molecule has 0 N–H and O–H groups in total. The van der Waals surface area contributed by atoms with Crippen molar-refractivity contribution in [3.63, 3.8) is 0 Å².